The van der Waals surface area contributed by atoms with E-state index in [1.165, 1.54) is 0 Å². The van der Waals surface area contributed by atoms with Gasteiger partial charge in [0.15, 0.2) is 0 Å². The number of carbonyl (C=O) groups is 3. The van der Waals surface area contributed by atoms with E-state index in [0.717, 1.165) is 50.6 Å². The number of rotatable bonds is 4. The number of likely N-dealkylation sites (tertiary alicyclic amines) is 2. The lowest BCUT2D eigenvalue weighted by Gasteiger charge is -2.40. The molecule has 0 radical (unpaired) electrons. The second-order valence-electron chi connectivity index (χ2n) is 8.47. The van der Waals surface area contributed by atoms with Gasteiger partial charge in [-0.05, 0) is 63.1 Å². The van der Waals surface area contributed by atoms with E-state index in [2.05, 4.69) is 10.6 Å². The third-order valence-electron chi connectivity index (χ3n) is 6.21. The maximum absolute atomic E-state index is 12.8. The minimum absolute atomic E-state index is 0.0880. The van der Waals surface area contributed by atoms with Crippen LogP contribution >= 0.6 is 0 Å². The zero-order valence-electron chi connectivity index (χ0n) is 17.1. The van der Waals surface area contributed by atoms with Gasteiger partial charge < -0.3 is 20.4 Å². The second kappa shape index (κ2) is 8.43. The molecule has 0 bridgehead atoms. The summed E-state index contributed by atoms with van der Waals surface area (Å²) >= 11 is 0. The SMILES string of the molecule is Cc1ccc(C(=O)NC2CC2)cc1NC(=O)N1CCC(N2CCCCC2=O)CC1. The van der Waals surface area contributed by atoms with E-state index >= 15 is 0 Å². The molecule has 7 nitrogen and oxygen atoms in total. The Morgan fingerprint density at radius 3 is 2.48 bits per heavy atom. The minimum atomic E-state index is -0.142. The van der Waals surface area contributed by atoms with E-state index < -0.39 is 0 Å². The number of carbonyl (C=O) groups excluding carboxylic acids is 3. The van der Waals surface area contributed by atoms with Crippen molar-refractivity contribution in [2.75, 3.05) is 25.0 Å². The van der Waals surface area contributed by atoms with Crippen LogP contribution in [-0.4, -0.2) is 59.4 Å². The number of hydrogen-bond acceptors (Lipinski definition) is 3. The summed E-state index contributed by atoms with van der Waals surface area (Å²) < 4.78 is 0. The lowest BCUT2D eigenvalue weighted by molar-refractivity contribution is -0.136. The molecule has 0 spiro atoms. The first kappa shape index (κ1) is 19.7. The summed E-state index contributed by atoms with van der Waals surface area (Å²) in [6.45, 7) is 4.05. The Balaban J connectivity index is 1.33. The highest BCUT2D eigenvalue weighted by Crippen LogP contribution is 2.24. The minimum Gasteiger partial charge on any atom is -0.349 e. The lowest BCUT2D eigenvalue weighted by Crippen LogP contribution is -2.50. The molecule has 0 unspecified atom stereocenters. The molecule has 2 aliphatic heterocycles. The zero-order valence-corrected chi connectivity index (χ0v) is 17.1. The first-order valence-corrected chi connectivity index (χ1v) is 10.8. The number of piperidine rings is 2. The van der Waals surface area contributed by atoms with Gasteiger partial charge in [-0.2, -0.15) is 0 Å². The molecule has 156 valence electrons. The van der Waals surface area contributed by atoms with Crippen LogP contribution in [0.4, 0.5) is 10.5 Å². The molecule has 0 aromatic heterocycles. The molecule has 4 rings (SSSR count). The average Bonchev–Trinajstić information content (AvgIpc) is 3.54. The number of nitrogens with one attached hydrogen (secondary N) is 2. The van der Waals surface area contributed by atoms with Crippen LogP contribution < -0.4 is 10.6 Å². The van der Waals surface area contributed by atoms with Gasteiger partial charge in [-0.15, -0.1) is 0 Å². The Labute approximate surface area is 171 Å². The maximum Gasteiger partial charge on any atom is 0.321 e. The predicted molar refractivity (Wildman–Crippen MR) is 111 cm³/mol. The van der Waals surface area contributed by atoms with E-state index in [0.29, 0.717) is 36.8 Å². The van der Waals surface area contributed by atoms with E-state index in [9.17, 15) is 14.4 Å². The third-order valence-corrected chi connectivity index (χ3v) is 6.21. The van der Waals surface area contributed by atoms with Crippen molar-refractivity contribution in [1.29, 1.82) is 0 Å². The highest BCUT2D eigenvalue weighted by molar-refractivity contribution is 5.97. The van der Waals surface area contributed by atoms with Crippen molar-refractivity contribution in [3.05, 3.63) is 29.3 Å². The van der Waals surface area contributed by atoms with Gasteiger partial charge in [0.05, 0.1) is 0 Å². The first-order valence-electron chi connectivity index (χ1n) is 10.8. The molecule has 1 saturated carbocycles. The lowest BCUT2D eigenvalue weighted by atomic mass is 9.99. The van der Waals surface area contributed by atoms with Crippen LogP contribution in [0.25, 0.3) is 0 Å². The van der Waals surface area contributed by atoms with Crippen LogP contribution in [0.1, 0.15) is 60.9 Å². The third kappa shape index (κ3) is 4.71. The number of nitrogens with zero attached hydrogens (tertiary/aromatic N) is 2. The van der Waals surface area contributed by atoms with Crippen molar-refractivity contribution in [2.45, 2.75) is 64.0 Å². The Morgan fingerprint density at radius 1 is 1.03 bits per heavy atom. The summed E-state index contributed by atoms with van der Waals surface area (Å²) in [5.74, 6) is 0.172. The van der Waals surface area contributed by atoms with Crippen molar-refractivity contribution < 1.29 is 14.4 Å². The molecule has 1 aromatic rings. The fourth-order valence-corrected chi connectivity index (χ4v) is 4.18. The Morgan fingerprint density at radius 2 is 1.79 bits per heavy atom. The topological polar surface area (TPSA) is 81.8 Å². The number of amides is 4. The summed E-state index contributed by atoms with van der Waals surface area (Å²) in [5, 5.41) is 5.95. The van der Waals surface area contributed by atoms with Gasteiger partial charge in [-0.1, -0.05) is 6.07 Å². The fraction of sp³-hybridized carbons (Fsp3) is 0.591. The molecule has 1 aliphatic carbocycles. The molecular formula is C22H30N4O3. The van der Waals surface area contributed by atoms with Crippen LogP contribution in [0.3, 0.4) is 0 Å². The molecule has 0 atom stereocenters. The standard InChI is InChI=1S/C22H30N4O3/c1-15-5-6-16(21(28)23-17-7-8-17)14-19(15)24-22(29)25-12-9-18(10-13-25)26-11-3-2-4-20(26)27/h5-6,14,17-18H,2-4,7-13H2,1H3,(H,23,28)(H,24,29). The van der Waals surface area contributed by atoms with Crippen LogP contribution in [0, 0.1) is 6.92 Å². The van der Waals surface area contributed by atoms with Gasteiger partial charge in [0.25, 0.3) is 5.91 Å². The van der Waals surface area contributed by atoms with Gasteiger partial charge >= 0.3 is 6.03 Å². The van der Waals surface area contributed by atoms with E-state index in [1.807, 2.05) is 17.9 Å². The van der Waals surface area contributed by atoms with Crippen LogP contribution in [0.15, 0.2) is 18.2 Å². The van der Waals surface area contributed by atoms with Crippen molar-refractivity contribution in [2.24, 2.45) is 0 Å². The summed E-state index contributed by atoms with van der Waals surface area (Å²) in [6.07, 6.45) is 6.46. The van der Waals surface area contributed by atoms with Gasteiger partial charge in [0.2, 0.25) is 5.91 Å². The summed E-state index contributed by atoms with van der Waals surface area (Å²) in [5.41, 5.74) is 2.17. The molecule has 2 saturated heterocycles. The number of aryl methyl sites for hydroxylation is 1. The first-order chi connectivity index (χ1) is 14.0. The number of hydrogen-bond donors (Lipinski definition) is 2. The molecule has 3 aliphatic rings. The molecule has 2 heterocycles. The van der Waals surface area contributed by atoms with Crippen molar-refractivity contribution >= 4 is 23.5 Å². The monoisotopic (exact) mass is 398 g/mol. The highest BCUT2D eigenvalue weighted by Gasteiger charge is 2.31. The molecule has 4 amide bonds. The molecule has 3 fully saturated rings. The van der Waals surface area contributed by atoms with Crippen LogP contribution in [-0.2, 0) is 4.79 Å². The van der Waals surface area contributed by atoms with Gasteiger partial charge in [-0.3, -0.25) is 9.59 Å². The largest absolute Gasteiger partial charge is 0.349 e. The van der Waals surface area contributed by atoms with E-state index in [4.69, 9.17) is 0 Å². The Hall–Kier alpha value is -2.57. The normalized spacial score (nSPS) is 20.5. The quantitative estimate of drug-likeness (QED) is 0.818. The van der Waals surface area contributed by atoms with E-state index in [-0.39, 0.29) is 23.9 Å². The maximum atomic E-state index is 12.8. The molecule has 1 aromatic carbocycles. The number of anilines is 1. The zero-order chi connectivity index (χ0) is 20.4. The van der Waals surface area contributed by atoms with Gasteiger partial charge in [-0.25, -0.2) is 4.79 Å². The van der Waals surface area contributed by atoms with Crippen LogP contribution in [0.2, 0.25) is 0 Å². The van der Waals surface area contributed by atoms with Crippen LogP contribution in [0.5, 0.6) is 0 Å². The van der Waals surface area contributed by atoms with Crippen molar-refractivity contribution in [1.82, 2.24) is 15.1 Å². The van der Waals surface area contributed by atoms with Crippen molar-refractivity contribution in [3.8, 4) is 0 Å². The Kier molecular flexibility index (Phi) is 5.74. The number of benzene rings is 1. The summed E-state index contributed by atoms with van der Waals surface area (Å²) in [7, 11) is 0. The van der Waals surface area contributed by atoms with Crippen molar-refractivity contribution in [3.63, 3.8) is 0 Å². The molecule has 7 heteroatoms. The van der Waals surface area contributed by atoms with E-state index in [1.54, 1.807) is 17.0 Å². The van der Waals surface area contributed by atoms with Gasteiger partial charge in [0, 0.05) is 49.4 Å². The summed E-state index contributed by atoms with van der Waals surface area (Å²) in [4.78, 5) is 41.0. The molecule has 2 N–H and O–H groups in total. The summed E-state index contributed by atoms with van der Waals surface area (Å²) in [6, 6.07) is 5.83. The average molecular weight is 399 g/mol. The second-order valence-corrected chi connectivity index (χ2v) is 8.47. The predicted octanol–water partition coefficient (Wildman–Crippen LogP) is 2.90. The molecule has 29 heavy (non-hydrogen) atoms. The Bertz CT molecular complexity index is 797. The number of urea groups is 1. The molecular weight excluding hydrogens is 368 g/mol. The smallest absolute Gasteiger partial charge is 0.321 e. The van der Waals surface area contributed by atoms with Gasteiger partial charge in [0.1, 0.15) is 0 Å². The highest BCUT2D eigenvalue weighted by atomic mass is 16.2. The fourth-order valence-electron chi connectivity index (χ4n) is 4.18.